The highest BCUT2D eigenvalue weighted by Crippen LogP contribution is 2.27. The normalized spacial score (nSPS) is 18.3. The standard InChI is InChI=1S/C20H23F3N6/c1-14-6-4-5-11-28(14)13-16-8-3-2-7-15(16)12-24-17-9-10-18-25-26-19(20(21,22)23)29(18)27-17/h2-3,7-10,14H,4-6,11-13H2,1H3,(H,24,27). The van der Waals surface area contributed by atoms with Crippen LogP contribution in [0, 0.1) is 0 Å². The second-order valence-corrected chi connectivity index (χ2v) is 7.45. The van der Waals surface area contributed by atoms with Gasteiger partial charge in [0.05, 0.1) is 0 Å². The molecule has 1 aliphatic heterocycles. The van der Waals surface area contributed by atoms with Gasteiger partial charge in [-0.3, -0.25) is 4.90 Å². The van der Waals surface area contributed by atoms with E-state index in [1.807, 2.05) is 18.2 Å². The lowest BCUT2D eigenvalue weighted by Gasteiger charge is -2.33. The van der Waals surface area contributed by atoms with Gasteiger partial charge in [0.2, 0.25) is 0 Å². The first-order chi connectivity index (χ1) is 13.9. The number of piperidine rings is 1. The van der Waals surface area contributed by atoms with Crippen LogP contribution in [0.25, 0.3) is 5.65 Å². The van der Waals surface area contributed by atoms with Gasteiger partial charge in [0, 0.05) is 19.1 Å². The van der Waals surface area contributed by atoms with E-state index in [4.69, 9.17) is 0 Å². The molecule has 0 saturated carbocycles. The van der Waals surface area contributed by atoms with Gasteiger partial charge in [-0.05, 0) is 49.6 Å². The molecule has 0 spiro atoms. The highest BCUT2D eigenvalue weighted by atomic mass is 19.4. The molecule has 9 heteroatoms. The van der Waals surface area contributed by atoms with E-state index in [1.54, 1.807) is 6.07 Å². The van der Waals surface area contributed by atoms with Gasteiger partial charge in [0.15, 0.2) is 5.65 Å². The van der Waals surface area contributed by atoms with E-state index in [2.05, 4.69) is 38.5 Å². The number of benzene rings is 1. The van der Waals surface area contributed by atoms with Crippen LogP contribution in [0.2, 0.25) is 0 Å². The predicted octanol–water partition coefficient (Wildman–Crippen LogP) is 4.13. The average molecular weight is 404 g/mol. The van der Waals surface area contributed by atoms with Crippen molar-refractivity contribution in [1.29, 1.82) is 0 Å². The average Bonchev–Trinajstić information content (AvgIpc) is 3.13. The molecule has 0 aliphatic carbocycles. The maximum Gasteiger partial charge on any atom is 0.453 e. The van der Waals surface area contributed by atoms with Gasteiger partial charge >= 0.3 is 6.18 Å². The first-order valence-corrected chi connectivity index (χ1v) is 9.76. The summed E-state index contributed by atoms with van der Waals surface area (Å²) in [5.41, 5.74) is 2.38. The quantitative estimate of drug-likeness (QED) is 0.693. The van der Waals surface area contributed by atoms with E-state index < -0.39 is 12.0 Å². The van der Waals surface area contributed by atoms with Gasteiger partial charge in [-0.1, -0.05) is 30.7 Å². The molecule has 3 aromatic rings. The number of likely N-dealkylation sites (tertiary alicyclic amines) is 1. The van der Waals surface area contributed by atoms with E-state index >= 15 is 0 Å². The zero-order valence-corrected chi connectivity index (χ0v) is 16.2. The van der Waals surface area contributed by atoms with E-state index in [-0.39, 0.29) is 5.65 Å². The van der Waals surface area contributed by atoms with E-state index in [9.17, 15) is 13.2 Å². The summed E-state index contributed by atoms with van der Waals surface area (Å²) in [5.74, 6) is -0.792. The Morgan fingerprint density at radius 3 is 2.62 bits per heavy atom. The fourth-order valence-corrected chi connectivity index (χ4v) is 3.74. The number of fused-ring (bicyclic) bond motifs is 1. The number of alkyl halides is 3. The first kappa shape index (κ1) is 19.6. The summed E-state index contributed by atoms with van der Waals surface area (Å²) in [5, 5.41) is 13.9. The molecule has 0 bridgehead atoms. The Kier molecular flexibility index (Phi) is 5.40. The molecule has 0 radical (unpaired) electrons. The van der Waals surface area contributed by atoms with Gasteiger partial charge in [-0.15, -0.1) is 15.3 Å². The van der Waals surface area contributed by atoms with Crippen molar-refractivity contribution in [2.45, 2.75) is 51.5 Å². The van der Waals surface area contributed by atoms with E-state index in [0.717, 1.165) is 23.2 Å². The maximum atomic E-state index is 13.1. The van der Waals surface area contributed by atoms with Crippen LogP contribution in [0.4, 0.5) is 19.0 Å². The SMILES string of the molecule is CC1CCCCN1Cc1ccccc1CNc1ccc2nnc(C(F)(F)F)n2n1. The van der Waals surface area contributed by atoms with E-state index in [0.29, 0.717) is 18.4 Å². The van der Waals surface area contributed by atoms with Crippen LogP contribution in [-0.4, -0.2) is 37.3 Å². The minimum Gasteiger partial charge on any atom is -0.365 e. The number of halogens is 3. The summed E-state index contributed by atoms with van der Waals surface area (Å²) in [7, 11) is 0. The van der Waals surface area contributed by atoms with Crippen molar-refractivity contribution in [1.82, 2.24) is 24.7 Å². The largest absolute Gasteiger partial charge is 0.453 e. The molecular weight excluding hydrogens is 381 g/mol. The van der Waals surface area contributed by atoms with Gasteiger partial charge in [0.25, 0.3) is 5.82 Å². The van der Waals surface area contributed by atoms with Gasteiger partial charge in [0.1, 0.15) is 5.82 Å². The molecule has 2 aromatic heterocycles. The lowest BCUT2D eigenvalue weighted by atomic mass is 10.0. The lowest BCUT2D eigenvalue weighted by Crippen LogP contribution is -2.37. The van der Waals surface area contributed by atoms with E-state index in [1.165, 1.54) is 30.9 Å². The van der Waals surface area contributed by atoms with Crippen LogP contribution < -0.4 is 5.32 Å². The minimum atomic E-state index is -4.61. The molecule has 4 rings (SSSR count). The summed E-state index contributed by atoms with van der Waals surface area (Å²) in [4.78, 5) is 2.49. The second-order valence-electron chi connectivity index (χ2n) is 7.45. The van der Waals surface area contributed by atoms with Crippen molar-refractivity contribution in [2.75, 3.05) is 11.9 Å². The monoisotopic (exact) mass is 404 g/mol. The number of hydrogen-bond acceptors (Lipinski definition) is 5. The Balaban J connectivity index is 1.51. The molecule has 1 saturated heterocycles. The second kappa shape index (κ2) is 7.98. The fourth-order valence-electron chi connectivity index (χ4n) is 3.74. The van der Waals surface area contributed by atoms with Crippen LogP contribution in [-0.2, 0) is 19.3 Å². The number of nitrogens with zero attached hydrogens (tertiary/aromatic N) is 5. The van der Waals surface area contributed by atoms with Crippen molar-refractivity contribution < 1.29 is 13.2 Å². The zero-order chi connectivity index (χ0) is 20.4. The minimum absolute atomic E-state index is 0.0577. The third kappa shape index (κ3) is 4.34. The first-order valence-electron chi connectivity index (χ1n) is 9.76. The number of hydrogen-bond donors (Lipinski definition) is 1. The molecule has 154 valence electrons. The maximum absolute atomic E-state index is 13.1. The number of rotatable bonds is 5. The van der Waals surface area contributed by atoms with Gasteiger partial charge in [-0.2, -0.15) is 17.7 Å². The van der Waals surface area contributed by atoms with Crippen LogP contribution in [0.15, 0.2) is 36.4 Å². The Morgan fingerprint density at radius 1 is 1.07 bits per heavy atom. The summed E-state index contributed by atoms with van der Waals surface area (Å²) < 4.78 is 39.9. The van der Waals surface area contributed by atoms with Gasteiger partial charge in [-0.25, -0.2) is 0 Å². The molecular formula is C20H23F3N6. The fraction of sp³-hybridized carbons (Fsp3) is 0.450. The Morgan fingerprint density at radius 2 is 1.86 bits per heavy atom. The smallest absolute Gasteiger partial charge is 0.365 e. The van der Waals surface area contributed by atoms with Crippen LogP contribution in [0.5, 0.6) is 0 Å². The third-order valence-corrected chi connectivity index (χ3v) is 5.41. The third-order valence-electron chi connectivity index (χ3n) is 5.41. The molecule has 3 heterocycles. The molecule has 29 heavy (non-hydrogen) atoms. The summed E-state index contributed by atoms with van der Waals surface area (Å²) in [6.07, 6.45) is -0.902. The molecule has 0 amide bonds. The summed E-state index contributed by atoms with van der Waals surface area (Å²) in [6.45, 7) is 4.70. The predicted molar refractivity (Wildman–Crippen MR) is 103 cm³/mol. The highest BCUT2D eigenvalue weighted by molar-refractivity contribution is 5.45. The topological polar surface area (TPSA) is 58.3 Å². The number of anilines is 1. The molecule has 1 fully saturated rings. The molecule has 1 unspecified atom stereocenters. The molecule has 1 aromatic carbocycles. The van der Waals surface area contributed by atoms with Crippen molar-refractivity contribution >= 4 is 11.5 Å². The van der Waals surface area contributed by atoms with Crippen LogP contribution in [0.3, 0.4) is 0 Å². The summed E-state index contributed by atoms with van der Waals surface area (Å²) >= 11 is 0. The Hall–Kier alpha value is -2.68. The molecule has 1 N–H and O–H groups in total. The zero-order valence-electron chi connectivity index (χ0n) is 16.2. The van der Waals surface area contributed by atoms with Crippen molar-refractivity contribution in [3.63, 3.8) is 0 Å². The Labute approximate surface area is 166 Å². The summed E-state index contributed by atoms with van der Waals surface area (Å²) in [6, 6.07) is 11.8. The van der Waals surface area contributed by atoms with Crippen molar-refractivity contribution in [3.05, 3.63) is 53.3 Å². The number of nitrogens with one attached hydrogen (secondary N) is 1. The molecule has 1 atom stereocenters. The number of aromatic nitrogens is 4. The highest BCUT2D eigenvalue weighted by Gasteiger charge is 2.37. The van der Waals surface area contributed by atoms with Crippen molar-refractivity contribution in [2.24, 2.45) is 0 Å². The molecule has 1 aliphatic rings. The van der Waals surface area contributed by atoms with Crippen LogP contribution >= 0.6 is 0 Å². The van der Waals surface area contributed by atoms with Gasteiger partial charge < -0.3 is 5.32 Å². The lowest BCUT2D eigenvalue weighted by molar-refractivity contribution is -0.146. The molecule has 6 nitrogen and oxygen atoms in total. The Bertz CT molecular complexity index is 984. The van der Waals surface area contributed by atoms with Crippen LogP contribution in [0.1, 0.15) is 43.1 Å². The van der Waals surface area contributed by atoms with Crippen molar-refractivity contribution in [3.8, 4) is 0 Å².